The molecule has 1 rings (SSSR count). The van der Waals surface area contributed by atoms with E-state index >= 15 is 0 Å². The molecular formula is C13H15F3O3. The van der Waals surface area contributed by atoms with Gasteiger partial charge in [0.05, 0.1) is 7.11 Å². The van der Waals surface area contributed by atoms with Crippen LogP contribution in [0.2, 0.25) is 0 Å². The summed E-state index contributed by atoms with van der Waals surface area (Å²) in [5, 5.41) is 10.2. The lowest BCUT2D eigenvalue weighted by atomic mass is 9.70. The summed E-state index contributed by atoms with van der Waals surface area (Å²) < 4.78 is 44.4. The summed E-state index contributed by atoms with van der Waals surface area (Å²) in [6.07, 6.45) is -5.02. The van der Waals surface area contributed by atoms with Crippen LogP contribution >= 0.6 is 0 Å². The molecule has 0 amide bonds. The van der Waals surface area contributed by atoms with Crippen LogP contribution in [0.25, 0.3) is 0 Å². The number of aliphatic hydroxyl groups is 1. The van der Waals surface area contributed by atoms with Crippen molar-refractivity contribution in [1.29, 1.82) is 0 Å². The zero-order valence-electron chi connectivity index (χ0n) is 10.8. The number of alkyl halides is 3. The van der Waals surface area contributed by atoms with Crippen LogP contribution < -0.4 is 0 Å². The first kappa shape index (κ1) is 15.5. The third-order valence-electron chi connectivity index (χ3n) is 3.20. The molecule has 0 aliphatic carbocycles. The number of methoxy groups -OCH3 is 1. The first-order chi connectivity index (χ1) is 8.59. The Morgan fingerprint density at radius 3 is 2.00 bits per heavy atom. The molecule has 1 aromatic carbocycles. The van der Waals surface area contributed by atoms with Gasteiger partial charge in [0, 0.05) is 0 Å². The molecule has 3 nitrogen and oxygen atoms in total. The maximum absolute atomic E-state index is 13.3. The smallest absolute Gasteiger partial charge is 0.422 e. The number of rotatable bonds is 3. The van der Waals surface area contributed by atoms with Crippen LogP contribution in [0.3, 0.4) is 0 Å². The minimum absolute atomic E-state index is 0.405. The van der Waals surface area contributed by atoms with Gasteiger partial charge < -0.3 is 9.84 Å². The van der Waals surface area contributed by atoms with Gasteiger partial charge in [-0.05, 0) is 19.4 Å². The van der Waals surface area contributed by atoms with E-state index in [1.807, 2.05) is 0 Å². The predicted molar refractivity (Wildman–Crippen MR) is 62.2 cm³/mol. The fourth-order valence-electron chi connectivity index (χ4n) is 1.96. The number of ether oxygens (including phenoxy) is 1. The average molecular weight is 276 g/mol. The Kier molecular flexibility index (Phi) is 3.95. The predicted octanol–water partition coefficient (Wildman–Crippen LogP) is 2.64. The highest BCUT2D eigenvalue weighted by atomic mass is 19.4. The molecule has 19 heavy (non-hydrogen) atoms. The van der Waals surface area contributed by atoms with Crippen molar-refractivity contribution >= 4 is 5.97 Å². The second-order valence-electron chi connectivity index (χ2n) is 4.69. The maximum atomic E-state index is 13.3. The average Bonchev–Trinajstić information content (AvgIpc) is 2.36. The molecule has 1 atom stereocenters. The van der Waals surface area contributed by atoms with Crippen LogP contribution in [0.15, 0.2) is 30.3 Å². The third kappa shape index (κ3) is 2.32. The SMILES string of the molecule is COC(=O)C(C)(C)C(O)(c1ccccc1)C(F)(F)F. The highest BCUT2D eigenvalue weighted by Gasteiger charge is 2.66. The largest absolute Gasteiger partial charge is 0.469 e. The van der Waals surface area contributed by atoms with E-state index < -0.39 is 28.7 Å². The van der Waals surface area contributed by atoms with Crippen molar-refractivity contribution < 1.29 is 27.8 Å². The topological polar surface area (TPSA) is 46.5 Å². The molecule has 0 fully saturated rings. The molecule has 0 saturated heterocycles. The van der Waals surface area contributed by atoms with Gasteiger partial charge in [-0.2, -0.15) is 13.2 Å². The van der Waals surface area contributed by atoms with Gasteiger partial charge in [-0.25, -0.2) is 0 Å². The van der Waals surface area contributed by atoms with Gasteiger partial charge in [0.15, 0.2) is 0 Å². The van der Waals surface area contributed by atoms with Crippen LogP contribution in [0.5, 0.6) is 0 Å². The Hall–Kier alpha value is -1.56. The maximum Gasteiger partial charge on any atom is 0.422 e. The fraction of sp³-hybridized carbons (Fsp3) is 0.462. The van der Waals surface area contributed by atoms with Gasteiger partial charge in [-0.15, -0.1) is 0 Å². The van der Waals surface area contributed by atoms with Gasteiger partial charge >= 0.3 is 12.1 Å². The summed E-state index contributed by atoms with van der Waals surface area (Å²) in [7, 11) is 0.978. The lowest BCUT2D eigenvalue weighted by Crippen LogP contribution is -2.57. The zero-order valence-corrected chi connectivity index (χ0v) is 10.8. The highest BCUT2D eigenvalue weighted by Crippen LogP contribution is 2.51. The Labute approximate surface area is 109 Å². The van der Waals surface area contributed by atoms with Crippen molar-refractivity contribution in [3.63, 3.8) is 0 Å². The summed E-state index contributed by atoms with van der Waals surface area (Å²) in [5.74, 6) is -1.14. The molecule has 0 aromatic heterocycles. The Balaban J connectivity index is 3.51. The van der Waals surface area contributed by atoms with Crippen molar-refractivity contribution in [2.24, 2.45) is 5.41 Å². The van der Waals surface area contributed by atoms with Crippen molar-refractivity contribution in [1.82, 2.24) is 0 Å². The summed E-state index contributed by atoms with van der Waals surface area (Å²) >= 11 is 0. The normalized spacial score (nSPS) is 15.7. The van der Waals surface area contributed by atoms with Crippen molar-refractivity contribution in [2.45, 2.75) is 25.6 Å². The number of hydrogen-bond donors (Lipinski definition) is 1. The number of carbonyl (C=O) groups is 1. The number of carbonyl (C=O) groups excluding carboxylic acids is 1. The minimum Gasteiger partial charge on any atom is -0.469 e. The van der Waals surface area contributed by atoms with Crippen LogP contribution in [-0.4, -0.2) is 24.4 Å². The number of hydrogen-bond acceptors (Lipinski definition) is 3. The summed E-state index contributed by atoms with van der Waals surface area (Å²) in [6, 6.07) is 6.49. The Morgan fingerprint density at radius 1 is 1.16 bits per heavy atom. The van der Waals surface area contributed by atoms with E-state index in [0.29, 0.717) is 0 Å². The second kappa shape index (κ2) is 4.85. The molecule has 0 aliphatic rings. The van der Waals surface area contributed by atoms with Crippen molar-refractivity contribution in [2.75, 3.05) is 7.11 Å². The van der Waals surface area contributed by atoms with Crippen LogP contribution in [-0.2, 0) is 15.1 Å². The van der Waals surface area contributed by atoms with E-state index in [1.54, 1.807) is 0 Å². The lowest BCUT2D eigenvalue weighted by molar-refractivity contribution is -0.303. The highest BCUT2D eigenvalue weighted by molar-refractivity contribution is 5.78. The van der Waals surface area contributed by atoms with Gasteiger partial charge in [0.25, 0.3) is 0 Å². The van der Waals surface area contributed by atoms with Gasteiger partial charge in [-0.3, -0.25) is 4.79 Å². The lowest BCUT2D eigenvalue weighted by Gasteiger charge is -2.41. The van der Waals surface area contributed by atoms with Gasteiger partial charge in [-0.1, -0.05) is 30.3 Å². The van der Waals surface area contributed by atoms with E-state index in [0.717, 1.165) is 33.1 Å². The quantitative estimate of drug-likeness (QED) is 0.863. The summed E-state index contributed by atoms with van der Waals surface area (Å²) in [5.41, 5.74) is -5.91. The monoisotopic (exact) mass is 276 g/mol. The van der Waals surface area contributed by atoms with E-state index in [4.69, 9.17) is 0 Å². The Bertz CT molecular complexity index is 454. The number of halogens is 3. The van der Waals surface area contributed by atoms with Crippen molar-refractivity contribution in [3.8, 4) is 0 Å². The molecule has 1 N–H and O–H groups in total. The molecule has 1 aromatic rings. The van der Waals surface area contributed by atoms with Crippen LogP contribution in [0.1, 0.15) is 19.4 Å². The van der Waals surface area contributed by atoms with Crippen molar-refractivity contribution in [3.05, 3.63) is 35.9 Å². The van der Waals surface area contributed by atoms with Crippen LogP contribution in [0.4, 0.5) is 13.2 Å². The third-order valence-corrected chi connectivity index (χ3v) is 3.20. The van der Waals surface area contributed by atoms with E-state index in [9.17, 15) is 23.1 Å². The molecule has 106 valence electrons. The number of esters is 1. The first-order valence-corrected chi connectivity index (χ1v) is 5.52. The van der Waals surface area contributed by atoms with E-state index in [-0.39, 0.29) is 0 Å². The second-order valence-corrected chi connectivity index (χ2v) is 4.69. The zero-order chi connectivity index (χ0) is 14.9. The summed E-state index contributed by atoms with van der Waals surface area (Å²) in [6.45, 7) is 2.00. The molecular weight excluding hydrogens is 261 g/mol. The van der Waals surface area contributed by atoms with Crippen LogP contribution in [0, 0.1) is 5.41 Å². The first-order valence-electron chi connectivity index (χ1n) is 5.52. The molecule has 0 saturated carbocycles. The number of benzene rings is 1. The molecule has 6 heteroatoms. The molecule has 0 spiro atoms. The molecule has 0 heterocycles. The van der Waals surface area contributed by atoms with Gasteiger partial charge in [0.2, 0.25) is 5.60 Å². The van der Waals surface area contributed by atoms with E-state index in [1.165, 1.54) is 18.2 Å². The standard InChI is InChI=1S/C13H15F3O3/c1-11(2,10(17)19-3)12(18,13(14,15)16)9-7-5-4-6-8-9/h4-8,18H,1-3H3. The Morgan fingerprint density at radius 2 is 1.63 bits per heavy atom. The van der Waals surface area contributed by atoms with Gasteiger partial charge in [0.1, 0.15) is 5.41 Å². The molecule has 0 radical (unpaired) electrons. The molecule has 0 bridgehead atoms. The summed E-state index contributed by atoms with van der Waals surface area (Å²) in [4.78, 5) is 11.6. The molecule has 0 aliphatic heterocycles. The fourth-order valence-corrected chi connectivity index (χ4v) is 1.96. The molecule has 1 unspecified atom stereocenters. The minimum atomic E-state index is -5.02. The van der Waals surface area contributed by atoms with E-state index in [2.05, 4.69) is 4.74 Å².